The van der Waals surface area contributed by atoms with Gasteiger partial charge in [0.2, 0.25) is 5.91 Å². The minimum Gasteiger partial charge on any atom is -0.408 e. The van der Waals surface area contributed by atoms with Gasteiger partial charge in [-0.15, -0.1) is 0 Å². The van der Waals surface area contributed by atoms with E-state index in [1.165, 1.54) is 28.5 Å². The van der Waals surface area contributed by atoms with E-state index < -0.39 is 5.76 Å². The summed E-state index contributed by atoms with van der Waals surface area (Å²) in [6, 6.07) is 11.2. The number of amides is 1. The van der Waals surface area contributed by atoms with Crippen LogP contribution in [0, 0.1) is 0 Å². The van der Waals surface area contributed by atoms with Crippen LogP contribution in [0.15, 0.2) is 45.6 Å². The molecule has 0 saturated heterocycles. The number of hydrogen-bond donors (Lipinski definition) is 1. The minimum atomic E-state index is -0.566. The lowest BCUT2D eigenvalue weighted by Gasteiger charge is -2.20. The summed E-state index contributed by atoms with van der Waals surface area (Å²) in [4.78, 5) is 24.6. The van der Waals surface area contributed by atoms with Crippen molar-refractivity contribution in [3.05, 3.63) is 68.7 Å². The van der Waals surface area contributed by atoms with Gasteiger partial charge in [-0.2, -0.15) is 0 Å². The number of nitrogens with zero attached hydrogens (tertiary/aromatic N) is 1. The molecule has 140 valence electrons. The molecular formula is C21H21ClN2O3. The number of oxazole rings is 1. The van der Waals surface area contributed by atoms with Gasteiger partial charge < -0.3 is 9.73 Å². The number of aryl methyl sites for hydroxylation is 2. The van der Waals surface area contributed by atoms with Crippen molar-refractivity contribution in [2.75, 3.05) is 0 Å². The van der Waals surface area contributed by atoms with Crippen LogP contribution in [0.2, 0.25) is 5.02 Å². The van der Waals surface area contributed by atoms with Crippen LogP contribution >= 0.6 is 11.6 Å². The van der Waals surface area contributed by atoms with E-state index in [0.717, 1.165) is 18.4 Å². The smallest absolute Gasteiger partial charge is 0.408 e. The van der Waals surface area contributed by atoms with E-state index in [1.54, 1.807) is 18.2 Å². The molecule has 2 aromatic carbocycles. The summed E-state index contributed by atoms with van der Waals surface area (Å²) in [5.74, 6) is -0.802. The average molecular weight is 385 g/mol. The Morgan fingerprint density at radius 2 is 1.96 bits per heavy atom. The van der Waals surface area contributed by atoms with Crippen LogP contribution < -0.4 is 11.1 Å². The highest BCUT2D eigenvalue weighted by molar-refractivity contribution is 6.31. The zero-order valence-electron chi connectivity index (χ0n) is 15.1. The van der Waals surface area contributed by atoms with E-state index >= 15 is 0 Å². The highest BCUT2D eigenvalue weighted by Gasteiger charge is 2.17. The predicted octanol–water partition coefficient (Wildman–Crippen LogP) is 4.00. The SMILES string of the molecule is C[C@H](NC(=O)Cn1c(=O)oc2cc(Cl)ccc21)c1ccc2c(c1)CCCC2. The number of carbonyl (C=O) groups excluding carboxylic acids is 1. The average Bonchev–Trinajstić information content (AvgIpc) is 2.95. The molecule has 1 heterocycles. The maximum atomic E-state index is 12.5. The van der Waals surface area contributed by atoms with Crippen molar-refractivity contribution in [3.63, 3.8) is 0 Å². The van der Waals surface area contributed by atoms with Gasteiger partial charge in [0.15, 0.2) is 5.58 Å². The minimum absolute atomic E-state index is 0.0945. The maximum absolute atomic E-state index is 12.5. The highest BCUT2D eigenvalue weighted by atomic mass is 35.5. The number of carbonyl (C=O) groups is 1. The molecule has 0 aliphatic heterocycles. The molecule has 0 radical (unpaired) electrons. The third-order valence-corrected chi connectivity index (χ3v) is 5.42. The van der Waals surface area contributed by atoms with Gasteiger partial charge in [0.05, 0.1) is 11.6 Å². The Labute approximate surface area is 161 Å². The first-order valence-electron chi connectivity index (χ1n) is 9.21. The molecule has 3 aromatic rings. The molecule has 27 heavy (non-hydrogen) atoms. The van der Waals surface area contributed by atoms with E-state index in [0.29, 0.717) is 16.1 Å². The van der Waals surface area contributed by atoms with Crippen LogP contribution in [0.5, 0.6) is 0 Å². The van der Waals surface area contributed by atoms with Gasteiger partial charge in [-0.1, -0.05) is 29.8 Å². The lowest BCUT2D eigenvalue weighted by molar-refractivity contribution is -0.122. The number of rotatable bonds is 4. The largest absolute Gasteiger partial charge is 0.420 e. The Morgan fingerprint density at radius 1 is 1.19 bits per heavy atom. The molecule has 1 atom stereocenters. The molecule has 0 fully saturated rings. The molecule has 0 unspecified atom stereocenters. The zero-order chi connectivity index (χ0) is 19.0. The number of benzene rings is 2. The summed E-state index contributed by atoms with van der Waals surface area (Å²) >= 11 is 5.92. The summed E-state index contributed by atoms with van der Waals surface area (Å²) in [6.45, 7) is 1.86. The second-order valence-electron chi connectivity index (χ2n) is 7.09. The Bertz CT molecular complexity index is 1070. The summed E-state index contributed by atoms with van der Waals surface area (Å²) in [7, 11) is 0. The second-order valence-corrected chi connectivity index (χ2v) is 7.53. The Morgan fingerprint density at radius 3 is 2.78 bits per heavy atom. The first-order chi connectivity index (χ1) is 13.0. The van der Waals surface area contributed by atoms with E-state index in [1.807, 2.05) is 6.92 Å². The van der Waals surface area contributed by atoms with Crippen molar-refractivity contribution in [1.29, 1.82) is 0 Å². The van der Waals surface area contributed by atoms with Gasteiger partial charge in [-0.05, 0) is 61.4 Å². The van der Waals surface area contributed by atoms with Crippen LogP contribution in [0.1, 0.15) is 42.5 Å². The normalized spacial score (nSPS) is 14.7. The van der Waals surface area contributed by atoms with Gasteiger partial charge in [-0.25, -0.2) is 4.79 Å². The first-order valence-corrected chi connectivity index (χ1v) is 9.59. The van der Waals surface area contributed by atoms with Crippen molar-refractivity contribution in [1.82, 2.24) is 9.88 Å². The van der Waals surface area contributed by atoms with Gasteiger partial charge in [-0.3, -0.25) is 9.36 Å². The molecule has 1 amide bonds. The maximum Gasteiger partial charge on any atom is 0.420 e. The zero-order valence-corrected chi connectivity index (χ0v) is 15.9. The molecule has 0 saturated carbocycles. The molecule has 1 aliphatic carbocycles. The molecule has 6 heteroatoms. The Kier molecular flexibility index (Phi) is 4.79. The summed E-state index contributed by atoms with van der Waals surface area (Å²) in [6.07, 6.45) is 4.70. The standard InChI is InChI=1S/C21H21ClN2O3/c1-13(15-7-6-14-4-2-3-5-16(14)10-15)23-20(25)12-24-18-9-8-17(22)11-19(18)27-21(24)26/h6-11,13H,2-5,12H2,1H3,(H,23,25)/t13-/m0/s1. The number of hydrogen-bond acceptors (Lipinski definition) is 3. The van der Waals surface area contributed by atoms with E-state index in [4.69, 9.17) is 16.0 Å². The molecule has 0 bridgehead atoms. The second kappa shape index (κ2) is 7.24. The fourth-order valence-electron chi connectivity index (χ4n) is 3.73. The summed E-state index contributed by atoms with van der Waals surface area (Å²) in [5, 5.41) is 3.46. The van der Waals surface area contributed by atoms with Crippen molar-refractivity contribution >= 4 is 28.6 Å². The molecule has 1 aromatic heterocycles. The van der Waals surface area contributed by atoms with E-state index in [9.17, 15) is 9.59 Å². The topological polar surface area (TPSA) is 64.2 Å². The first kappa shape index (κ1) is 17.9. The van der Waals surface area contributed by atoms with E-state index in [2.05, 4.69) is 23.5 Å². The molecule has 0 spiro atoms. The van der Waals surface area contributed by atoms with Crippen LogP contribution in [0.3, 0.4) is 0 Å². The summed E-state index contributed by atoms with van der Waals surface area (Å²) < 4.78 is 6.50. The monoisotopic (exact) mass is 384 g/mol. The number of nitrogens with one attached hydrogen (secondary N) is 1. The molecule has 1 aliphatic rings. The summed E-state index contributed by atoms with van der Waals surface area (Å²) in [5.41, 5.74) is 4.82. The van der Waals surface area contributed by atoms with Gasteiger partial charge in [0, 0.05) is 11.1 Å². The van der Waals surface area contributed by atoms with Crippen LogP contribution in [0.25, 0.3) is 11.1 Å². The fourth-order valence-corrected chi connectivity index (χ4v) is 3.89. The predicted molar refractivity (Wildman–Crippen MR) is 105 cm³/mol. The molecule has 5 nitrogen and oxygen atoms in total. The van der Waals surface area contributed by atoms with Crippen molar-refractivity contribution in [2.45, 2.75) is 45.2 Å². The number of aromatic nitrogens is 1. The number of halogens is 1. The highest BCUT2D eigenvalue weighted by Crippen LogP contribution is 2.25. The van der Waals surface area contributed by atoms with Gasteiger partial charge >= 0.3 is 5.76 Å². The lowest BCUT2D eigenvalue weighted by Crippen LogP contribution is -2.32. The third kappa shape index (κ3) is 3.65. The van der Waals surface area contributed by atoms with Crippen LogP contribution in [-0.2, 0) is 24.2 Å². The van der Waals surface area contributed by atoms with Gasteiger partial charge in [0.1, 0.15) is 6.54 Å². The van der Waals surface area contributed by atoms with Crippen LogP contribution in [0.4, 0.5) is 0 Å². The third-order valence-electron chi connectivity index (χ3n) is 5.18. The van der Waals surface area contributed by atoms with Gasteiger partial charge in [0.25, 0.3) is 0 Å². The Balaban J connectivity index is 1.50. The molecule has 4 rings (SSSR count). The fraction of sp³-hybridized carbons (Fsp3) is 0.333. The molecule has 1 N–H and O–H groups in total. The van der Waals surface area contributed by atoms with Crippen LogP contribution in [-0.4, -0.2) is 10.5 Å². The van der Waals surface area contributed by atoms with E-state index in [-0.39, 0.29) is 18.5 Å². The quantitative estimate of drug-likeness (QED) is 0.739. The van der Waals surface area contributed by atoms with Crippen molar-refractivity contribution < 1.29 is 9.21 Å². The Hall–Kier alpha value is -2.53. The van der Waals surface area contributed by atoms with Crippen molar-refractivity contribution in [3.8, 4) is 0 Å². The molecular weight excluding hydrogens is 364 g/mol. The lowest BCUT2D eigenvalue weighted by atomic mass is 9.89. The number of fused-ring (bicyclic) bond motifs is 2. The van der Waals surface area contributed by atoms with Crippen molar-refractivity contribution in [2.24, 2.45) is 0 Å².